The van der Waals surface area contributed by atoms with E-state index in [1.807, 2.05) is 0 Å². The van der Waals surface area contributed by atoms with Gasteiger partial charge in [-0.2, -0.15) is 0 Å². The Morgan fingerprint density at radius 2 is 1.92 bits per heavy atom. The van der Waals surface area contributed by atoms with Crippen LogP contribution >= 0.6 is 0 Å². The minimum atomic E-state index is -2.43. The second-order valence-electron chi connectivity index (χ2n) is 2.15. The molecule has 0 heterocycles. The maximum Gasteiger partial charge on any atom is 0.489 e. The first-order valence-electron chi connectivity index (χ1n) is 3.17. The number of hydrogen-bond donors (Lipinski definition) is 2. The summed E-state index contributed by atoms with van der Waals surface area (Å²) in [4.78, 5) is -0.0903. The number of rotatable bonds is 2. The maximum atomic E-state index is 10.5. The van der Waals surface area contributed by atoms with Gasteiger partial charge in [-0.25, -0.2) is 0 Å². The van der Waals surface area contributed by atoms with Crippen molar-refractivity contribution in [3.8, 4) is 0 Å². The fourth-order valence-electron chi connectivity index (χ4n) is 0.846. The molecule has 0 aliphatic heterocycles. The lowest BCUT2D eigenvalue weighted by Crippen LogP contribution is -2.33. The number of benzene rings is 1. The van der Waals surface area contributed by atoms with Crippen molar-refractivity contribution >= 4 is 23.7 Å². The summed E-state index contributed by atoms with van der Waals surface area (Å²) < 4.78 is 21.0. The Bertz CT molecular complexity index is 301. The van der Waals surface area contributed by atoms with E-state index < -0.39 is 18.2 Å². The summed E-state index contributed by atoms with van der Waals surface area (Å²) in [6, 6.07) is 5.69. The van der Waals surface area contributed by atoms with Crippen molar-refractivity contribution < 1.29 is 18.8 Å². The predicted molar refractivity (Wildman–Crippen MR) is 43.5 cm³/mol. The Kier molecular flexibility index (Phi) is 2.99. The van der Waals surface area contributed by atoms with E-state index in [1.54, 1.807) is 0 Å². The average Bonchev–Trinajstić information content (AvgIpc) is 2.04. The molecule has 0 saturated carbocycles. The lowest BCUT2D eigenvalue weighted by molar-refractivity contribution is 0.424. The Labute approximate surface area is 72.3 Å². The van der Waals surface area contributed by atoms with Crippen LogP contribution in [0.3, 0.4) is 0 Å². The molecule has 12 heavy (non-hydrogen) atoms. The molecular weight excluding hydrogens is 179 g/mol. The van der Waals surface area contributed by atoms with E-state index in [9.17, 15) is 8.76 Å². The summed E-state index contributed by atoms with van der Waals surface area (Å²) in [6.45, 7) is 0. The van der Waals surface area contributed by atoms with E-state index >= 15 is 0 Å². The zero-order chi connectivity index (χ0) is 9.14. The maximum absolute atomic E-state index is 10.5. The minimum absolute atomic E-state index is 0.00849. The minimum Gasteiger partial charge on any atom is -0.768 e. The van der Waals surface area contributed by atoms with Crippen LogP contribution in [0, 0.1) is 0 Å². The topological polar surface area (TPSA) is 80.6 Å². The summed E-state index contributed by atoms with van der Waals surface area (Å²) in [7, 11) is -1.75. The lowest BCUT2D eigenvalue weighted by Gasteiger charge is -2.09. The largest absolute Gasteiger partial charge is 0.768 e. The Morgan fingerprint density at radius 3 is 2.33 bits per heavy atom. The molecule has 1 rings (SSSR count). The molecule has 1 unspecified atom stereocenters. The van der Waals surface area contributed by atoms with Crippen molar-refractivity contribution in [2.45, 2.75) is 4.90 Å². The summed E-state index contributed by atoms with van der Waals surface area (Å²) in [6.07, 6.45) is 0. The van der Waals surface area contributed by atoms with Crippen LogP contribution in [0.2, 0.25) is 0 Å². The first-order chi connectivity index (χ1) is 5.63. The molecule has 0 saturated heterocycles. The molecule has 2 N–H and O–H groups in total. The predicted octanol–water partition coefficient (Wildman–Crippen LogP) is -1.40. The molecule has 0 aromatic heterocycles. The van der Waals surface area contributed by atoms with Gasteiger partial charge >= 0.3 is 7.12 Å². The molecule has 1 atom stereocenters. The fourth-order valence-corrected chi connectivity index (χ4v) is 1.40. The van der Waals surface area contributed by atoms with Crippen molar-refractivity contribution in [1.29, 1.82) is 0 Å². The molecule has 0 bridgehead atoms. The molecule has 1 aromatic carbocycles. The van der Waals surface area contributed by atoms with Crippen LogP contribution < -0.4 is 5.46 Å². The van der Waals surface area contributed by atoms with Crippen molar-refractivity contribution in [1.82, 2.24) is 0 Å². The second kappa shape index (κ2) is 3.82. The van der Waals surface area contributed by atoms with E-state index in [-0.39, 0.29) is 10.4 Å². The molecule has 0 radical (unpaired) electrons. The monoisotopic (exact) mass is 185 g/mol. The first kappa shape index (κ1) is 9.40. The summed E-state index contributed by atoms with van der Waals surface area (Å²) >= 11 is -2.43. The zero-order valence-corrected chi connectivity index (χ0v) is 6.82. The quantitative estimate of drug-likeness (QED) is 0.438. The van der Waals surface area contributed by atoms with Crippen molar-refractivity contribution in [3.63, 3.8) is 0 Å². The third-order valence-electron chi connectivity index (χ3n) is 1.38. The van der Waals surface area contributed by atoms with Gasteiger partial charge in [0, 0.05) is 4.90 Å². The molecule has 0 spiro atoms. The van der Waals surface area contributed by atoms with Crippen LogP contribution in [0.25, 0.3) is 0 Å². The highest BCUT2D eigenvalue weighted by Crippen LogP contribution is 2.00. The average molecular weight is 185 g/mol. The first-order valence-corrected chi connectivity index (χ1v) is 4.24. The van der Waals surface area contributed by atoms with E-state index in [4.69, 9.17) is 10.0 Å². The second-order valence-corrected chi connectivity index (χ2v) is 3.06. The Hall–Kier alpha value is -0.685. The molecule has 1 aromatic rings. The van der Waals surface area contributed by atoms with E-state index in [1.165, 1.54) is 24.3 Å². The highest BCUT2D eigenvalue weighted by Gasteiger charge is 2.14. The van der Waals surface area contributed by atoms with Crippen LogP contribution in [-0.2, 0) is 11.1 Å². The van der Waals surface area contributed by atoms with E-state index in [0.29, 0.717) is 0 Å². The fraction of sp³-hybridized carbons (Fsp3) is 0. The SMILES string of the molecule is O=S([O-])c1ccccc1B(O)O. The molecule has 0 aliphatic carbocycles. The van der Waals surface area contributed by atoms with Crippen LogP contribution in [0.5, 0.6) is 0 Å². The zero-order valence-electron chi connectivity index (χ0n) is 6.01. The van der Waals surface area contributed by atoms with Crippen LogP contribution in [0.15, 0.2) is 29.2 Å². The van der Waals surface area contributed by atoms with Gasteiger partial charge < -0.3 is 14.6 Å². The highest BCUT2D eigenvalue weighted by molar-refractivity contribution is 7.79. The molecular formula is C6H6BO4S-. The Morgan fingerprint density at radius 1 is 1.33 bits per heavy atom. The van der Waals surface area contributed by atoms with Gasteiger partial charge in [0.1, 0.15) is 0 Å². The lowest BCUT2D eigenvalue weighted by atomic mass is 9.80. The molecule has 4 nitrogen and oxygen atoms in total. The van der Waals surface area contributed by atoms with Gasteiger partial charge in [0.15, 0.2) is 0 Å². The summed E-state index contributed by atoms with van der Waals surface area (Å²) in [5.74, 6) is 0. The van der Waals surface area contributed by atoms with Crippen LogP contribution in [-0.4, -0.2) is 25.9 Å². The van der Waals surface area contributed by atoms with Gasteiger partial charge in [-0.05, 0) is 22.6 Å². The molecule has 64 valence electrons. The van der Waals surface area contributed by atoms with Gasteiger partial charge in [0.05, 0.1) is 0 Å². The molecule has 0 aliphatic rings. The summed E-state index contributed by atoms with van der Waals surface area (Å²) in [5, 5.41) is 17.5. The molecule has 6 heteroatoms. The van der Waals surface area contributed by atoms with Crippen molar-refractivity contribution in [2.75, 3.05) is 0 Å². The van der Waals surface area contributed by atoms with E-state index in [2.05, 4.69) is 0 Å². The van der Waals surface area contributed by atoms with Gasteiger partial charge in [0.25, 0.3) is 0 Å². The van der Waals surface area contributed by atoms with Crippen molar-refractivity contribution in [2.24, 2.45) is 0 Å². The normalized spacial score (nSPS) is 12.6. The van der Waals surface area contributed by atoms with Gasteiger partial charge in [-0.3, -0.25) is 4.21 Å². The molecule has 0 amide bonds. The third kappa shape index (κ3) is 1.92. The van der Waals surface area contributed by atoms with Crippen molar-refractivity contribution in [3.05, 3.63) is 24.3 Å². The van der Waals surface area contributed by atoms with Gasteiger partial charge in [-0.1, -0.05) is 18.2 Å². The van der Waals surface area contributed by atoms with Gasteiger partial charge in [0.2, 0.25) is 0 Å². The highest BCUT2D eigenvalue weighted by atomic mass is 32.2. The van der Waals surface area contributed by atoms with Crippen LogP contribution in [0.1, 0.15) is 0 Å². The standard InChI is InChI=1S/C6H7BO4S/c8-7(9)5-3-1-2-4-6(5)12(10)11/h1-4,8-9H,(H,10,11)/p-1. The number of hydrogen-bond acceptors (Lipinski definition) is 4. The van der Waals surface area contributed by atoms with Crippen LogP contribution in [0.4, 0.5) is 0 Å². The molecule has 0 fully saturated rings. The third-order valence-corrected chi connectivity index (χ3v) is 2.11. The summed E-state index contributed by atoms with van der Waals surface area (Å²) in [5.41, 5.74) is -0.00849. The Balaban J connectivity index is 3.17. The van der Waals surface area contributed by atoms with Gasteiger partial charge in [-0.15, -0.1) is 0 Å². The van der Waals surface area contributed by atoms with E-state index in [0.717, 1.165) is 0 Å². The smallest absolute Gasteiger partial charge is 0.489 e.